The van der Waals surface area contributed by atoms with E-state index in [2.05, 4.69) is 39.4 Å². The molecule has 2 aromatic carbocycles. The van der Waals surface area contributed by atoms with Gasteiger partial charge in [0, 0.05) is 19.1 Å². The second kappa shape index (κ2) is 10.8. The van der Waals surface area contributed by atoms with Gasteiger partial charge in [-0.05, 0) is 50.0 Å². The highest BCUT2D eigenvalue weighted by atomic mass is 16.5. The zero-order valence-corrected chi connectivity index (χ0v) is 18.0. The molecule has 6 nitrogen and oxygen atoms in total. The summed E-state index contributed by atoms with van der Waals surface area (Å²) in [4.78, 5) is 17.5. The van der Waals surface area contributed by atoms with Crippen LogP contribution in [0.2, 0.25) is 0 Å². The molecule has 0 spiro atoms. The van der Waals surface area contributed by atoms with Gasteiger partial charge in [0.25, 0.3) is 0 Å². The molecule has 6 heteroatoms. The SMILES string of the molecule is O=C(NCCOc1ccccc1)[C@@H]1C[C@@H](O)CN1C1CCN(Cc2ccccc2)CC1. The molecule has 2 atom stereocenters. The fourth-order valence-corrected chi connectivity index (χ4v) is 4.73. The van der Waals surface area contributed by atoms with E-state index < -0.39 is 6.10 Å². The van der Waals surface area contributed by atoms with Gasteiger partial charge >= 0.3 is 0 Å². The van der Waals surface area contributed by atoms with E-state index in [1.54, 1.807) is 0 Å². The molecule has 0 saturated carbocycles. The van der Waals surface area contributed by atoms with Crippen LogP contribution in [0, 0.1) is 0 Å². The van der Waals surface area contributed by atoms with Crippen molar-refractivity contribution in [3.05, 3.63) is 66.2 Å². The Morgan fingerprint density at radius 1 is 1.03 bits per heavy atom. The minimum Gasteiger partial charge on any atom is -0.492 e. The number of nitrogens with zero attached hydrogens (tertiary/aromatic N) is 2. The number of carbonyl (C=O) groups is 1. The average molecular weight is 424 g/mol. The fraction of sp³-hybridized carbons (Fsp3) is 0.480. The molecule has 0 unspecified atom stereocenters. The Kier molecular flexibility index (Phi) is 7.57. The lowest BCUT2D eigenvalue weighted by Crippen LogP contribution is -2.51. The monoisotopic (exact) mass is 423 g/mol. The van der Waals surface area contributed by atoms with Crippen molar-refractivity contribution < 1.29 is 14.6 Å². The van der Waals surface area contributed by atoms with Crippen LogP contribution in [0.1, 0.15) is 24.8 Å². The summed E-state index contributed by atoms with van der Waals surface area (Å²) in [5, 5.41) is 13.3. The normalized spacial score (nSPS) is 23.0. The summed E-state index contributed by atoms with van der Waals surface area (Å²) in [5.41, 5.74) is 1.34. The quantitative estimate of drug-likeness (QED) is 0.638. The van der Waals surface area contributed by atoms with Gasteiger partial charge in [0.2, 0.25) is 5.91 Å². The van der Waals surface area contributed by atoms with Crippen molar-refractivity contribution in [3.63, 3.8) is 0 Å². The molecular formula is C25H33N3O3. The number of benzene rings is 2. The topological polar surface area (TPSA) is 65.0 Å². The van der Waals surface area contributed by atoms with Gasteiger partial charge in [-0.3, -0.25) is 14.6 Å². The number of β-amino-alcohol motifs (C(OH)–C–C–N with tert-alkyl or cyclic N) is 1. The average Bonchev–Trinajstić information content (AvgIpc) is 3.20. The standard InChI is InChI=1S/C25H33N3O3/c29-22-17-24(25(30)26-13-16-31-23-9-5-2-6-10-23)28(19-22)21-11-14-27(15-12-21)18-20-7-3-1-4-8-20/h1-10,21-22,24,29H,11-19H2,(H,26,30)/t22-,24+/m1/s1. The number of likely N-dealkylation sites (tertiary alicyclic amines) is 2. The summed E-state index contributed by atoms with van der Waals surface area (Å²) in [6.45, 7) is 4.49. The summed E-state index contributed by atoms with van der Waals surface area (Å²) in [6.07, 6.45) is 2.13. The van der Waals surface area contributed by atoms with Crippen LogP contribution in [0.5, 0.6) is 5.75 Å². The first-order valence-corrected chi connectivity index (χ1v) is 11.3. The third kappa shape index (κ3) is 6.06. The number of hydrogen-bond donors (Lipinski definition) is 2. The molecule has 2 aromatic rings. The van der Waals surface area contributed by atoms with E-state index in [1.165, 1.54) is 5.56 Å². The molecule has 2 heterocycles. The molecule has 0 radical (unpaired) electrons. The number of ether oxygens (including phenoxy) is 1. The van der Waals surface area contributed by atoms with Gasteiger partial charge in [0.15, 0.2) is 0 Å². The van der Waals surface area contributed by atoms with Gasteiger partial charge in [0.1, 0.15) is 12.4 Å². The van der Waals surface area contributed by atoms with Crippen molar-refractivity contribution in [1.29, 1.82) is 0 Å². The first-order chi connectivity index (χ1) is 15.2. The number of aliphatic hydroxyl groups excluding tert-OH is 1. The van der Waals surface area contributed by atoms with Crippen LogP contribution in [0.4, 0.5) is 0 Å². The summed E-state index contributed by atoms with van der Waals surface area (Å²) in [5.74, 6) is 0.803. The molecule has 2 N–H and O–H groups in total. The van der Waals surface area contributed by atoms with Gasteiger partial charge in [0.05, 0.1) is 18.7 Å². The number of para-hydroxylation sites is 1. The van der Waals surface area contributed by atoms with E-state index >= 15 is 0 Å². The maximum absolute atomic E-state index is 12.8. The maximum atomic E-state index is 12.8. The second-order valence-corrected chi connectivity index (χ2v) is 8.55. The van der Waals surface area contributed by atoms with E-state index in [4.69, 9.17) is 4.74 Å². The summed E-state index contributed by atoms with van der Waals surface area (Å²) in [7, 11) is 0. The highest BCUT2D eigenvalue weighted by Gasteiger charge is 2.40. The summed E-state index contributed by atoms with van der Waals surface area (Å²) in [6, 6.07) is 20.3. The highest BCUT2D eigenvalue weighted by Crippen LogP contribution is 2.27. The predicted molar refractivity (Wildman–Crippen MR) is 121 cm³/mol. The van der Waals surface area contributed by atoms with Crippen LogP contribution in [0.15, 0.2) is 60.7 Å². The predicted octanol–water partition coefficient (Wildman–Crippen LogP) is 2.28. The number of piperidine rings is 1. The van der Waals surface area contributed by atoms with Crippen molar-refractivity contribution in [2.45, 2.75) is 44.0 Å². The van der Waals surface area contributed by atoms with Crippen molar-refractivity contribution in [2.24, 2.45) is 0 Å². The van der Waals surface area contributed by atoms with Gasteiger partial charge in [-0.2, -0.15) is 0 Å². The third-order valence-corrected chi connectivity index (χ3v) is 6.31. The van der Waals surface area contributed by atoms with Crippen LogP contribution in [-0.4, -0.2) is 71.8 Å². The molecule has 0 aromatic heterocycles. The van der Waals surface area contributed by atoms with Crippen LogP contribution < -0.4 is 10.1 Å². The van der Waals surface area contributed by atoms with E-state index in [1.807, 2.05) is 36.4 Å². The Hall–Kier alpha value is -2.41. The van der Waals surface area contributed by atoms with Crippen molar-refractivity contribution in [1.82, 2.24) is 15.1 Å². The van der Waals surface area contributed by atoms with Gasteiger partial charge in [-0.1, -0.05) is 48.5 Å². The number of aliphatic hydroxyl groups is 1. The smallest absolute Gasteiger partial charge is 0.237 e. The lowest BCUT2D eigenvalue weighted by Gasteiger charge is -2.38. The van der Waals surface area contributed by atoms with E-state index in [-0.39, 0.29) is 11.9 Å². The largest absolute Gasteiger partial charge is 0.492 e. The van der Waals surface area contributed by atoms with Gasteiger partial charge < -0.3 is 15.2 Å². The lowest BCUT2D eigenvalue weighted by molar-refractivity contribution is -0.126. The fourth-order valence-electron chi connectivity index (χ4n) is 4.73. The third-order valence-electron chi connectivity index (χ3n) is 6.31. The number of amides is 1. The molecule has 2 aliphatic heterocycles. The van der Waals surface area contributed by atoms with Crippen LogP contribution in [0.25, 0.3) is 0 Å². The Bertz CT molecular complexity index is 809. The Labute approximate surface area is 184 Å². The molecule has 2 aliphatic rings. The van der Waals surface area contributed by atoms with Crippen molar-refractivity contribution in [3.8, 4) is 5.75 Å². The van der Waals surface area contributed by atoms with Crippen LogP contribution in [-0.2, 0) is 11.3 Å². The summed E-state index contributed by atoms with van der Waals surface area (Å²) >= 11 is 0. The molecule has 0 bridgehead atoms. The first kappa shape index (κ1) is 21.8. The van der Waals surface area contributed by atoms with E-state index in [0.717, 1.165) is 38.2 Å². The molecule has 4 rings (SSSR count). The molecule has 1 amide bonds. The Morgan fingerprint density at radius 3 is 2.42 bits per heavy atom. The van der Waals surface area contributed by atoms with Gasteiger partial charge in [-0.25, -0.2) is 0 Å². The molecule has 2 fully saturated rings. The second-order valence-electron chi connectivity index (χ2n) is 8.55. The maximum Gasteiger partial charge on any atom is 0.237 e. The van der Waals surface area contributed by atoms with E-state index in [9.17, 15) is 9.90 Å². The number of hydrogen-bond acceptors (Lipinski definition) is 5. The molecular weight excluding hydrogens is 390 g/mol. The van der Waals surface area contributed by atoms with Gasteiger partial charge in [-0.15, -0.1) is 0 Å². The highest BCUT2D eigenvalue weighted by molar-refractivity contribution is 5.82. The van der Waals surface area contributed by atoms with Crippen LogP contribution in [0.3, 0.4) is 0 Å². The minimum atomic E-state index is -0.432. The Morgan fingerprint density at radius 2 is 1.71 bits per heavy atom. The Balaban J connectivity index is 1.23. The number of carbonyl (C=O) groups excluding carboxylic acids is 1. The zero-order valence-electron chi connectivity index (χ0n) is 18.0. The minimum absolute atomic E-state index is 0.0000678. The molecule has 2 saturated heterocycles. The van der Waals surface area contributed by atoms with E-state index in [0.29, 0.717) is 32.2 Å². The molecule has 31 heavy (non-hydrogen) atoms. The molecule has 166 valence electrons. The summed E-state index contributed by atoms with van der Waals surface area (Å²) < 4.78 is 5.66. The van der Waals surface area contributed by atoms with Crippen LogP contribution >= 0.6 is 0 Å². The first-order valence-electron chi connectivity index (χ1n) is 11.3. The lowest BCUT2D eigenvalue weighted by atomic mass is 10.0. The molecule has 0 aliphatic carbocycles. The van der Waals surface area contributed by atoms with Crippen molar-refractivity contribution >= 4 is 5.91 Å². The zero-order chi connectivity index (χ0) is 21.5. The number of nitrogens with one attached hydrogen (secondary N) is 1. The van der Waals surface area contributed by atoms with Crippen molar-refractivity contribution in [2.75, 3.05) is 32.8 Å². The number of rotatable bonds is 8.